The molecule has 2 nitrogen and oxygen atoms in total. The maximum absolute atomic E-state index is 6.20. The topological polar surface area (TPSA) is 29.3 Å². The lowest BCUT2D eigenvalue weighted by Gasteiger charge is -2.21. The minimum absolute atomic E-state index is 0.147. The Balaban J connectivity index is 2.43. The van der Waals surface area contributed by atoms with Crippen LogP contribution in [0.25, 0.3) is 0 Å². The maximum Gasteiger partial charge on any atom is 0.0307 e. The van der Waals surface area contributed by atoms with Crippen LogP contribution < -0.4 is 5.73 Å². The first-order valence-corrected chi connectivity index (χ1v) is 7.20. The second kappa shape index (κ2) is 7.85. The third kappa shape index (κ3) is 5.19. The van der Waals surface area contributed by atoms with E-state index in [9.17, 15) is 0 Å². The molecule has 0 aliphatic carbocycles. The first-order valence-electron chi connectivity index (χ1n) is 6.40. The Bertz CT molecular complexity index is 311. The quantitative estimate of drug-likeness (QED) is 0.834. The summed E-state index contributed by atoms with van der Waals surface area (Å²) < 4.78 is 1.11. The van der Waals surface area contributed by atoms with Gasteiger partial charge in [-0.3, -0.25) is 0 Å². The van der Waals surface area contributed by atoms with Crippen molar-refractivity contribution in [3.05, 3.63) is 34.3 Å². The Morgan fingerprint density at radius 2 is 1.82 bits per heavy atom. The van der Waals surface area contributed by atoms with Gasteiger partial charge in [-0.15, -0.1) is 0 Å². The Morgan fingerprint density at radius 3 is 2.35 bits per heavy atom. The van der Waals surface area contributed by atoms with Crippen LogP contribution in [0.3, 0.4) is 0 Å². The molecule has 0 radical (unpaired) electrons. The molecule has 2 N–H and O–H groups in total. The van der Waals surface area contributed by atoms with Crippen molar-refractivity contribution in [1.29, 1.82) is 0 Å². The van der Waals surface area contributed by atoms with E-state index in [0.717, 1.165) is 24.0 Å². The summed E-state index contributed by atoms with van der Waals surface area (Å²) in [6.07, 6.45) is 2.23. The smallest absolute Gasteiger partial charge is 0.0307 e. The van der Waals surface area contributed by atoms with Crippen molar-refractivity contribution in [2.75, 3.05) is 19.6 Å². The van der Waals surface area contributed by atoms with Crippen molar-refractivity contribution >= 4 is 15.9 Å². The highest BCUT2D eigenvalue weighted by atomic mass is 79.9. The van der Waals surface area contributed by atoms with E-state index in [1.54, 1.807) is 0 Å². The number of hydrogen-bond acceptors (Lipinski definition) is 2. The molecule has 1 aromatic carbocycles. The highest BCUT2D eigenvalue weighted by molar-refractivity contribution is 9.10. The van der Waals surface area contributed by atoms with E-state index >= 15 is 0 Å². The van der Waals surface area contributed by atoms with Crippen LogP contribution in [0, 0.1) is 0 Å². The molecule has 0 spiro atoms. The Labute approximate surface area is 113 Å². The van der Waals surface area contributed by atoms with Crippen molar-refractivity contribution in [2.24, 2.45) is 5.73 Å². The van der Waals surface area contributed by atoms with Crippen LogP contribution >= 0.6 is 15.9 Å². The summed E-state index contributed by atoms with van der Waals surface area (Å²) in [5.41, 5.74) is 7.43. The summed E-state index contributed by atoms with van der Waals surface area (Å²) in [7, 11) is 0. The standard InChI is InChI=1S/C14H23BrN2/c1-3-10-17(4-2)11-9-14(16)12-5-7-13(15)8-6-12/h5-8,14H,3-4,9-11,16H2,1-2H3. The van der Waals surface area contributed by atoms with Crippen molar-refractivity contribution < 1.29 is 0 Å². The predicted octanol–water partition coefficient (Wildman–Crippen LogP) is 3.57. The molecule has 0 saturated carbocycles. The molecule has 0 saturated heterocycles. The molecular formula is C14H23BrN2. The fourth-order valence-corrected chi connectivity index (χ4v) is 2.21. The summed E-state index contributed by atoms with van der Waals surface area (Å²) in [6.45, 7) is 7.80. The van der Waals surface area contributed by atoms with Crippen LogP contribution in [-0.2, 0) is 0 Å². The summed E-state index contributed by atoms with van der Waals surface area (Å²) in [6, 6.07) is 8.46. The van der Waals surface area contributed by atoms with Crippen LogP contribution in [0.1, 0.15) is 38.3 Å². The molecule has 0 amide bonds. The first kappa shape index (κ1) is 14.7. The van der Waals surface area contributed by atoms with Gasteiger partial charge < -0.3 is 10.6 Å². The maximum atomic E-state index is 6.20. The molecule has 0 aliphatic heterocycles. The van der Waals surface area contributed by atoms with Crippen molar-refractivity contribution in [3.8, 4) is 0 Å². The van der Waals surface area contributed by atoms with Gasteiger partial charge in [-0.05, 0) is 50.2 Å². The summed E-state index contributed by atoms with van der Waals surface area (Å²) in [4.78, 5) is 2.46. The number of halogens is 1. The lowest BCUT2D eigenvalue weighted by molar-refractivity contribution is 0.277. The number of rotatable bonds is 7. The number of benzene rings is 1. The molecule has 1 atom stereocenters. The molecule has 96 valence electrons. The van der Waals surface area contributed by atoms with Gasteiger partial charge in [0.05, 0.1) is 0 Å². The minimum atomic E-state index is 0.147. The average molecular weight is 299 g/mol. The molecule has 17 heavy (non-hydrogen) atoms. The number of nitrogens with two attached hydrogens (primary N) is 1. The predicted molar refractivity (Wildman–Crippen MR) is 78.1 cm³/mol. The largest absolute Gasteiger partial charge is 0.324 e. The highest BCUT2D eigenvalue weighted by Gasteiger charge is 2.08. The van der Waals surface area contributed by atoms with Gasteiger partial charge in [0.15, 0.2) is 0 Å². The summed E-state index contributed by atoms with van der Waals surface area (Å²) >= 11 is 3.44. The van der Waals surface area contributed by atoms with Gasteiger partial charge in [-0.25, -0.2) is 0 Å². The zero-order valence-electron chi connectivity index (χ0n) is 10.8. The van der Waals surface area contributed by atoms with E-state index in [1.807, 2.05) is 0 Å². The Kier molecular flexibility index (Phi) is 6.78. The molecule has 0 fully saturated rings. The van der Waals surface area contributed by atoms with E-state index in [1.165, 1.54) is 18.5 Å². The van der Waals surface area contributed by atoms with Crippen LogP contribution in [0.5, 0.6) is 0 Å². The van der Waals surface area contributed by atoms with Crippen LogP contribution in [-0.4, -0.2) is 24.5 Å². The number of nitrogens with zero attached hydrogens (tertiary/aromatic N) is 1. The second-order valence-electron chi connectivity index (χ2n) is 4.38. The molecule has 1 unspecified atom stereocenters. The van der Waals surface area contributed by atoms with Crippen LogP contribution in [0.15, 0.2) is 28.7 Å². The van der Waals surface area contributed by atoms with E-state index in [-0.39, 0.29) is 6.04 Å². The molecule has 0 aromatic heterocycles. The van der Waals surface area contributed by atoms with Gasteiger partial charge in [0.1, 0.15) is 0 Å². The van der Waals surface area contributed by atoms with E-state index in [2.05, 4.69) is 58.9 Å². The Hall–Kier alpha value is -0.380. The first-order chi connectivity index (χ1) is 8.17. The average Bonchev–Trinajstić information content (AvgIpc) is 2.35. The SMILES string of the molecule is CCCN(CC)CCC(N)c1ccc(Br)cc1. The highest BCUT2D eigenvalue weighted by Crippen LogP contribution is 2.17. The van der Waals surface area contributed by atoms with Crippen LogP contribution in [0.4, 0.5) is 0 Å². The number of hydrogen-bond donors (Lipinski definition) is 1. The molecule has 1 aromatic rings. The fourth-order valence-electron chi connectivity index (χ4n) is 1.94. The van der Waals surface area contributed by atoms with Gasteiger partial charge in [0, 0.05) is 10.5 Å². The third-order valence-electron chi connectivity index (χ3n) is 3.04. The van der Waals surface area contributed by atoms with E-state index in [4.69, 9.17) is 5.73 Å². The summed E-state index contributed by atoms with van der Waals surface area (Å²) in [5.74, 6) is 0. The molecule has 1 rings (SSSR count). The lowest BCUT2D eigenvalue weighted by Crippen LogP contribution is -2.28. The van der Waals surface area contributed by atoms with Gasteiger partial charge in [0.25, 0.3) is 0 Å². The lowest BCUT2D eigenvalue weighted by atomic mass is 10.0. The Morgan fingerprint density at radius 1 is 1.18 bits per heavy atom. The second-order valence-corrected chi connectivity index (χ2v) is 5.30. The van der Waals surface area contributed by atoms with E-state index < -0.39 is 0 Å². The van der Waals surface area contributed by atoms with Gasteiger partial charge >= 0.3 is 0 Å². The summed E-state index contributed by atoms with van der Waals surface area (Å²) in [5, 5.41) is 0. The normalized spacial score (nSPS) is 13.0. The molecular weight excluding hydrogens is 276 g/mol. The van der Waals surface area contributed by atoms with Crippen molar-refractivity contribution in [1.82, 2.24) is 4.90 Å². The van der Waals surface area contributed by atoms with Crippen molar-refractivity contribution in [3.63, 3.8) is 0 Å². The van der Waals surface area contributed by atoms with Gasteiger partial charge in [0.2, 0.25) is 0 Å². The fraction of sp³-hybridized carbons (Fsp3) is 0.571. The third-order valence-corrected chi connectivity index (χ3v) is 3.57. The van der Waals surface area contributed by atoms with Crippen molar-refractivity contribution in [2.45, 2.75) is 32.7 Å². The monoisotopic (exact) mass is 298 g/mol. The molecule has 0 heterocycles. The zero-order chi connectivity index (χ0) is 12.7. The molecule has 3 heteroatoms. The van der Waals surface area contributed by atoms with Gasteiger partial charge in [-0.1, -0.05) is 41.9 Å². The van der Waals surface area contributed by atoms with Gasteiger partial charge in [-0.2, -0.15) is 0 Å². The zero-order valence-corrected chi connectivity index (χ0v) is 12.4. The molecule has 0 bridgehead atoms. The minimum Gasteiger partial charge on any atom is -0.324 e. The molecule has 0 aliphatic rings. The van der Waals surface area contributed by atoms with Crippen LogP contribution in [0.2, 0.25) is 0 Å². The van der Waals surface area contributed by atoms with E-state index in [0.29, 0.717) is 0 Å².